The minimum absolute atomic E-state index is 0.0862. The molecule has 0 fully saturated rings. The number of benzene rings is 2. The van der Waals surface area contributed by atoms with Crippen molar-refractivity contribution in [1.82, 2.24) is 0 Å². The summed E-state index contributed by atoms with van der Waals surface area (Å²) in [7, 11) is 1.55. The monoisotopic (exact) mass is 270 g/mol. The Morgan fingerprint density at radius 2 is 1.90 bits per heavy atom. The molecule has 0 radical (unpaired) electrons. The van der Waals surface area contributed by atoms with Gasteiger partial charge in [-0.1, -0.05) is 29.8 Å². The van der Waals surface area contributed by atoms with E-state index in [1.807, 2.05) is 31.2 Å². The van der Waals surface area contributed by atoms with E-state index in [-0.39, 0.29) is 5.91 Å². The Morgan fingerprint density at radius 1 is 1.20 bits per heavy atom. The van der Waals surface area contributed by atoms with Gasteiger partial charge in [-0.3, -0.25) is 4.79 Å². The van der Waals surface area contributed by atoms with Gasteiger partial charge in [-0.2, -0.15) is 0 Å². The molecule has 0 bridgehead atoms. The second-order valence-corrected chi connectivity index (χ2v) is 4.67. The van der Waals surface area contributed by atoms with Crippen LogP contribution in [0.4, 0.5) is 11.4 Å². The van der Waals surface area contributed by atoms with E-state index in [9.17, 15) is 4.79 Å². The Labute approximate surface area is 118 Å². The van der Waals surface area contributed by atoms with Crippen molar-refractivity contribution in [3.05, 3.63) is 53.6 Å². The number of nitrogen functional groups attached to an aromatic ring is 1. The lowest BCUT2D eigenvalue weighted by molar-refractivity contribution is -0.115. The Morgan fingerprint density at radius 3 is 2.55 bits per heavy atom. The summed E-state index contributed by atoms with van der Waals surface area (Å²) in [6, 6.07) is 13.0. The molecule has 20 heavy (non-hydrogen) atoms. The van der Waals surface area contributed by atoms with E-state index in [2.05, 4.69) is 5.32 Å². The number of nitrogens with one attached hydrogen (secondary N) is 1. The fourth-order valence-corrected chi connectivity index (χ4v) is 1.90. The molecule has 2 rings (SSSR count). The maximum atomic E-state index is 12.0. The molecule has 0 unspecified atom stereocenters. The number of carbonyl (C=O) groups excluding carboxylic acids is 1. The number of anilines is 2. The number of ether oxygens (including phenoxy) is 1. The maximum absolute atomic E-state index is 12.0. The van der Waals surface area contributed by atoms with Crippen LogP contribution in [-0.4, -0.2) is 13.0 Å². The van der Waals surface area contributed by atoms with E-state index < -0.39 is 0 Å². The largest absolute Gasteiger partial charge is 0.494 e. The summed E-state index contributed by atoms with van der Waals surface area (Å²) in [4.78, 5) is 12.0. The van der Waals surface area contributed by atoms with Gasteiger partial charge in [0, 0.05) is 11.8 Å². The Balaban J connectivity index is 2.06. The minimum atomic E-state index is -0.0862. The molecule has 0 heterocycles. The first-order chi connectivity index (χ1) is 9.58. The van der Waals surface area contributed by atoms with Crippen molar-refractivity contribution in [3.8, 4) is 5.75 Å². The van der Waals surface area contributed by atoms with E-state index in [0.717, 1.165) is 5.56 Å². The van der Waals surface area contributed by atoms with Crippen molar-refractivity contribution in [3.63, 3.8) is 0 Å². The zero-order valence-corrected chi connectivity index (χ0v) is 11.6. The van der Waals surface area contributed by atoms with Crippen LogP contribution in [-0.2, 0) is 11.2 Å². The quantitative estimate of drug-likeness (QED) is 0.840. The van der Waals surface area contributed by atoms with Gasteiger partial charge in [-0.15, -0.1) is 0 Å². The highest BCUT2D eigenvalue weighted by Crippen LogP contribution is 2.26. The molecule has 2 aromatic rings. The van der Waals surface area contributed by atoms with Crippen molar-refractivity contribution in [2.75, 3.05) is 18.2 Å². The fraction of sp³-hybridized carbons (Fsp3) is 0.188. The van der Waals surface area contributed by atoms with Crippen LogP contribution in [0.5, 0.6) is 5.75 Å². The first kappa shape index (κ1) is 13.9. The number of hydrogen-bond acceptors (Lipinski definition) is 3. The van der Waals surface area contributed by atoms with Gasteiger partial charge in [0.15, 0.2) is 0 Å². The summed E-state index contributed by atoms with van der Waals surface area (Å²) < 4.78 is 5.20. The molecule has 4 nitrogen and oxygen atoms in total. The molecular weight excluding hydrogens is 252 g/mol. The topological polar surface area (TPSA) is 64.3 Å². The third-order valence-corrected chi connectivity index (χ3v) is 2.98. The second-order valence-electron chi connectivity index (χ2n) is 4.67. The van der Waals surface area contributed by atoms with E-state index in [4.69, 9.17) is 10.5 Å². The molecule has 0 atom stereocenters. The van der Waals surface area contributed by atoms with Crippen molar-refractivity contribution < 1.29 is 9.53 Å². The van der Waals surface area contributed by atoms with Crippen LogP contribution in [0, 0.1) is 6.92 Å². The Bertz CT molecular complexity index is 606. The fourth-order valence-electron chi connectivity index (χ4n) is 1.90. The predicted molar refractivity (Wildman–Crippen MR) is 80.9 cm³/mol. The van der Waals surface area contributed by atoms with Gasteiger partial charge >= 0.3 is 0 Å². The summed E-state index contributed by atoms with van der Waals surface area (Å²) >= 11 is 0. The zero-order valence-electron chi connectivity index (χ0n) is 11.6. The number of amides is 1. The van der Waals surface area contributed by atoms with Gasteiger partial charge in [-0.05, 0) is 24.6 Å². The van der Waals surface area contributed by atoms with Crippen molar-refractivity contribution in [2.45, 2.75) is 13.3 Å². The van der Waals surface area contributed by atoms with Crippen LogP contribution >= 0.6 is 0 Å². The molecule has 0 saturated heterocycles. The highest BCUT2D eigenvalue weighted by molar-refractivity contribution is 5.94. The number of rotatable bonds is 4. The van der Waals surface area contributed by atoms with Gasteiger partial charge < -0.3 is 15.8 Å². The molecule has 2 aromatic carbocycles. The normalized spacial score (nSPS) is 10.1. The summed E-state index contributed by atoms with van der Waals surface area (Å²) in [5, 5.41) is 2.83. The number of aryl methyl sites for hydroxylation is 1. The summed E-state index contributed by atoms with van der Waals surface area (Å²) in [6.45, 7) is 2.02. The molecule has 0 aliphatic rings. The van der Waals surface area contributed by atoms with Crippen LogP contribution in [0.1, 0.15) is 11.1 Å². The molecule has 1 amide bonds. The highest BCUT2D eigenvalue weighted by Gasteiger charge is 2.08. The van der Waals surface area contributed by atoms with Crippen molar-refractivity contribution >= 4 is 17.3 Å². The SMILES string of the molecule is COc1cc(N)ccc1NC(=O)Cc1ccc(C)cc1. The zero-order chi connectivity index (χ0) is 14.5. The number of carbonyl (C=O) groups is 1. The van der Waals surface area contributed by atoms with Crippen LogP contribution in [0.2, 0.25) is 0 Å². The van der Waals surface area contributed by atoms with Crippen LogP contribution < -0.4 is 15.8 Å². The highest BCUT2D eigenvalue weighted by atomic mass is 16.5. The first-order valence-corrected chi connectivity index (χ1v) is 6.37. The Kier molecular flexibility index (Phi) is 4.25. The number of hydrogen-bond donors (Lipinski definition) is 2. The molecule has 0 spiro atoms. The molecule has 104 valence electrons. The number of nitrogens with two attached hydrogens (primary N) is 1. The average molecular weight is 270 g/mol. The third kappa shape index (κ3) is 3.51. The lowest BCUT2D eigenvalue weighted by atomic mass is 10.1. The summed E-state index contributed by atoms with van der Waals surface area (Å²) in [5.74, 6) is 0.471. The lowest BCUT2D eigenvalue weighted by Gasteiger charge is -2.11. The van der Waals surface area contributed by atoms with Gasteiger partial charge in [-0.25, -0.2) is 0 Å². The standard InChI is InChI=1S/C16H18N2O2/c1-11-3-5-12(6-4-11)9-16(19)18-14-8-7-13(17)10-15(14)20-2/h3-8,10H,9,17H2,1-2H3,(H,18,19). The molecule has 0 aromatic heterocycles. The molecule has 0 aliphatic heterocycles. The number of methoxy groups -OCH3 is 1. The second kappa shape index (κ2) is 6.10. The van der Waals surface area contributed by atoms with Crippen molar-refractivity contribution in [2.24, 2.45) is 0 Å². The summed E-state index contributed by atoms with van der Waals surface area (Å²) in [6.07, 6.45) is 0.327. The van der Waals surface area contributed by atoms with E-state index in [1.165, 1.54) is 5.56 Å². The maximum Gasteiger partial charge on any atom is 0.228 e. The van der Waals surface area contributed by atoms with Crippen LogP contribution in [0.25, 0.3) is 0 Å². The van der Waals surface area contributed by atoms with E-state index >= 15 is 0 Å². The summed E-state index contributed by atoms with van der Waals surface area (Å²) in [5.41, 5.74) is 9.05. The molecular formula is C16H18N2O2. The van der Waals surface area contributed by atoms with Crippen molar-refractivity contribution in [1.29, 1.82) is 0 Å². The molecule has 3 N–H and O–H groups in total. The van der Waals surface area contributed by atoms with Gasteiger partial charge in [0.1, 0.15) is 5.75 Å². The first-order valence-electron chi connectivity index (χ1n) is 6.37. The minimum Gasteiger partial charge on any atom is -0.494 e. The lowest BCUT2D eigenvalue weighted by Crippen LogP contribution is -2.15. The third-order valence-electron chi connectivity index (χ3n) is 2.98. The van der Waals surface area contributed by atoms with Crippen LogP contribution in [0.15, 0.2) is 42.5 Å². The van der Waals surface area contributed by atoms with E-state index in [0.29, 0.717) is 23.5 Å². The predicted octanol–water partition coefficient (Wildman–Crippen LogP) is 2.77. The molecule has 0 saturated carbocycles. The smallest absolute Gasteiger partial charge is 0.228 e. The molecule has 0 aliphatic carbocycles. The van der Waals surface area contributed by atoms with Crippen LogP contribution in [0.3, 0.4) is 0 Å². The Hall–Kier alpha value is -2.49. The van der Waals surface area contributed by atoms with Gasteiger partial charge in [0.05, 0.1) is 19.2 Å². The average Bonchev–Trinajstić information content (AvgIpc) is 2.43. The van der Waals surface area contributed by atoms with Gasteiger partial charge in [0.2, 0.25) is 5.91 Å². The van der Waals surface area contributed by atoms with Gasteiger partial charge in [0.25, 0.3) is 0 Å². The van der Waals surface area contributed by atoms with E-state index in [1.54, 1.807) is 25.3 Å². The molecule has 4 heteroatoms.